The molecule has 14 nitrogen and oxygen atoms in total. The van der Waals surface area contributed by atoms with Gasteiger partial charge >= 0.3 is 12.2 Å². The number of alkyl halides is 4. The minimum absolute atomic E-state index is 0.0680. The summed E-state index contributed by atoms with van der Waals surface area (Å²) in [6.07, 6.45) is -3.33. The molecule has 456 valence electrons. The maximum absolute atomic E-state index is 15.9. The lowest BCUT2D eigenvalue weighted by Crippen LogP contribution is -2.53. The normalized spacial score (nSPS) is 20.9. The second kappa shape index (κ2) is 23.1. The molecule has 4 aromatic carbocycles. The molecule has 0 spiro atoms. The summed E-state index contributed by atoms with van der Waals surface area (Å²) in [6.45, 7) is 9.13. The Morgan fingerprint density at radius 2 is 0.881 bits per heavy atom. The summed E-state index contributed by atoms with van der Waals surface area (Å²) < 4.78 is 162. The molecule has 10 rings (SSSR count). The Labute approximate surface area is 477 Å². The number of nitrogens with zero attached hydrogens (tertiary/aromatic N) is 4. The number of likely N-dealkylation sites (tertiary alicyclic amines) is 2. The van der Waals surface area contributed by atoms with Crippen molar-refractivity contribution in [2.24, 2.45) is 11.8 Å². The molecule has 6 aromatic rings. The van der Waals surface area contributed by atoms with E-state index in [0.717, 1.165) is 24.3 Å². The number of carbonyl (C=O) groups is 2. The van der Waals surface area contributed by atoms with Crippen LogP contribution in [0.3, 0.4) is 0 Å². The average molecular weight is 1190 g/mol. The Morgan fingerprint density at radius 3 is 1.18 bits per heavy atom. The third-order valence-corrected chi connectivity index (χ3v) is 15.9. The number of carbonyl (C=O) groups excluding carboxylic acids is 2. The Balaban J connectivity index is 0.000000202. The lowest BCUT2D eigenvalue weighted by Gasteiger charge is -2.43. The molecular formula is C60H68F10N6O8. The molecule has 4 aliphatic heterocycles. The van der Waals surface area contributed by atoms with E-state index < -0.39 is 156 Å². The van der Waals surface area contributed by atoms with Crippen molar-refractivity contribution in [2.45, 2.75) is 128 Å². The number of rotatable bonds is 12. The summed E-state index contributed by atoms with van der Waals surface area (Å²) in [5.41, 5.74) is -0.938. The zero-order valence-electron chi connectivity index (χ0n) is 47.5. The first-order valence-electron chi connectivity index (χ1n) is 27.6. The van der Waals surface area contributed by atoms with Crippen LogP contribution in [0.4, 0.5) is 53.5 Å². The van der Waals surface area contributed by atoms with Crippen LogP contribution in [0, 0.1) is 46.7 Å². The Morgan fingerprint density at radius 1 is 0.560 bits per heavy atom. The smallest absolute Gasteiger partial charge is 0.410 e. The highest BCUT2D eigenvalue weighted by molar-refractivity contribution is 5.87. The highest BCUT2D eigenvalue weighted by atomic mass is 19.3. The summed E-state index contributed by atoms with van der Waals surface area (Å²) in [7, 11) is 0. The van der Waals surface area contributed by atoms with Crippen LogP contribution in [0.15, 0.2) is 60.7 Å². The predicted octanol–water partition coefficient (Wildman–Crippen LogP) is 10.9. The van der Waals surface area contributed by atoms with Crippen molar-refractivity contribution >= 4 is 34.0 Å². The molecule has 2 saturated heterocycles. The van der Waals surface area contributed by atoms with Gasteiger partial charge < -0.3 is 49.7 Å². The van der Waals surface area contributed by atoms with Crippen LogP contribution in [0.1, 0.15) is 124 Å². The molecular weight excluding hydrogens is 1120 g/mol. The van der Waals surface area contributed by atoms with Gasteiger partial charge in [0.25, 0.3) is 11.8 Å². The number of aliphatic hydroxyl groups excluding tert-OH is 4. The number of aromatic amines is 2. The zero-order valence-corrected chi connectivity index (χ0v) is 47.5. The SMILES string of the molecule is C[C@@H]1Cc2c([nH]c3c(F)cccc23)[C@@H](c2c(F)cc(C(O)C3CN(C(=O)OC(C)(C)C)C3)cc2F)N1CC(F)(F)CO.C[C@H]1Cc2c([nH]c3c(F)cccc23)[C@H](c2c(F)cc(C(O)C3CN(C(=O)OC(C)(C)C)C3)cc2F)N1CC(F)(F)CO. The Kier molecular flexibility index (Phi) is 17.1. The summed E-state index contributed by atoms with van der Waals surface area (Å²) in [6, 6.07) is 8.50. The molecule has 2 aromatic heterocycles. The van der Waals surface area contributed by atoms with Crippen LogP contribution in [-0.2, 0) is 22.3 Å². The van der Waals surface area contributed by atoms with E-state index in [1.807, 2.05) is 0 Å². The van der Waals surface area contributed by atoms with Crippen LogP contribution in [0.5, 0.6) is 0 Å². The Bertz CT molecular complexity index is 3170. The van der Waals surface area contributed by atoms with Crippen molar-refractivity contribution in [3.05, 3.63) is 140 Å². The first-order valence-corrected chi connectivity index (χ1v) is 27.6. The van der Waals surface area contributed by atoms with Gasteiger partial charge in [-0.05, 0) is 127 Å². The van der Waals surface area contributed by atoms with Crippen LogP contribution in [-0.4, -0.2) is 150 Å². The largest absolute Gasteiger partial charge is 0.444 e. The van der Waals surface area contributed by atoms with E-state index in [9.17, 15) is 56.4 Å². The third-order valence-electron chi connectivity index (χ3n) is 15.9. The van der Waals surface area contributed by atoms with E-state index in [4.69, 9.17) is 9.47 Å². The third kappa shape index (κ3) is 12.5. The second-order valence-corrected chi connectivity index (χ2v) is 24.6. The number of hydrogen-bond donors (Lipinski definition) is 6. The minimum atomic E-state index is -3.57. The van der Waals surface area contributed by atoms with Crippen molar-refractivity contribution in [3.8, 4) is 0 Å². The molecule has 6 heterocycles. The summed E-state index contributed by atoms with van der Waals surface area (Å²) in [5, 5.41) is 41.3. The van der Waals surface area contributed by atoms with E-state index >= 15 is 17.6 Å². The van der Waals surface area contributed by atoms with Crippen molar-refractivity contribution in [1.29, 1.82) is 0 Å². The van der Waals surface area contributed by atoms with Gasteiger partial charge in [-0.2, -0.15) is 0 Å². The fraction of sp³-hybridized carbons (Fsp3) is 0.500. The number of fused-ring (bicyclic) bond motifs is 6. The molecule has 2 unspecified atom stereocenters. The number of aromatic nitrogens is 2. The molecule has 84 heavy (non-hydrogen) atoms. The van der Waals surface area contributed by atoms with Crippen LogP contribution >= 0.6 is 0 Å². The number of benzene rings is 4. The van der Waals surface area contributed by atoms with Gasteiger partial charge in [-0.25, -0.2) is 53.5 Å². The van der Waals surface area contributed by atoms with Crippen LogP contribution < -0.4 is 0 Å². The number of ether oxygens (including phenoxy) is 2. The standard InChI is InChI=1S/2C30H34F5N3O4/c2*1-15-8-19-18-6-5-7-20(31)24(18)36-25(19)26(38(15)13-30(34,35)14-39)23-21(32)9-16(10-22(23)33)27(40)17-11-37(12-17)28(41)42-29(2,3)4/h2*5-7,9-10,15,17,26-27,36,39-40H,8,11-14H2,1-4H3/t2*15-,26-,27?/m10/s1. The number of aliphatic hydroxyl groups is 4. The van der Waals surface area contributed by atoms with Gasteiger partial charge in [0.1, 0.15) is 59.3 Å². The number of amides is 2. The van der Waals surface area contributed by atoms with Crippen molar-refractivity contribution in [3.63, 3.8) is 0 Å². The first-order chi connectivity index (χ1) is 39.2. The topological polar surface area (TPSA) is 178 Å². The quantitative estimate of drug-likeness (QED) is 0.0646. The van der Waals surface area contributed by atoms with E-state index in [1.54, 1.807) is 67.5 Å². The maximum atomic E-state index is 15.9. The fourth-order valence-corrected chi connectivity index (χ4v) is 11.8. The molecule has 0 saturated carbocycles. The molecule has 4 aliphatic rings. The molecule has 24 heteroatoms. The minimum Gasteiger partial charge on any atom is -0.444 e. The van der Waals surface area contributed by atoms with Gasteiger partial charge in [-0.15, -0.1) is 0 Å². The Hall–Kier alpha value is -6.44. The summed E-state index contributed by atoms with van der Waals surface area (Å²) in [5.74, 6) is -13.6. The van der Waals surface area contributed by atoms with Crippen LogP contribution in [0.25, 0.3) is 21.8 Å². The van der Waals surface area contributed by atoms with Gasteiger partial charge in [0, 0.05) is 83.4 Å². The molecule has 2 amide bonds. The van der Waals surface area contributed by atoms with E-state index in [1.165, 1.54) is 43.9 Å². The monoisotopic (exact) mass is 1190 g/mol. The van der Waals surface area contributed by atoms with Gasteiger partial charge in [0.05, 0.1) is 48.4 Å². The summed E-state index contributed by atoms with van der Waals surface area (Å²) in [4.78, 5) is 35.4. The lowest BCUT2D eigenvalue weighted by molar-refractivity contribution is -0.0870. The van der Waals surface area contributed by atoms with Gasteiger partial charge in [0.15, 0.2) is 0 Å². The van der Waals surface area contributed by atoms with Gasteiger partial charge in [0.2, 0.25) is 0 Å². The lowest BCUT2D eigenvalue weighted by atomic mass is 9.85. The zero-order chi connectivity index (χ0) is 61.4. The molecule has 0 bridgehead atoms. The number of H-pyrrole nitrogens is 2. The fourth-order valence-electron chi connectivity index (χ4n) is 11.8. The predicted molar refractivity (Wildman–Crippen MR) is 289 cm³/mol. The van der Waals surface area contributed by atoms with Crippen molar-refractivity contribution in [1.82, 2.24) is 29.6 Å². The number of hydrogen-bond acceptors (Lipinski definition) is 10. The van der Waals surface area contributed by atoms with E-state index in [-0.39, 0.29) is 72.6 Å². The molecule has 0 radical (unpaired) electrons. The second-order valence-electron chi connectivity index (χ2n) is 24.6. The van der Waals surface area contributed by atoms with Crippen molar-refractivity contribution < 1.29 is 83.4 Å². The number of para-hydroxylation sites is 2. The average Bonchev–Trinajstić information content (AvgIpc) is 3.23. The van der Waals surface area contributed by atoms with E-state index in [0.29, 0.717) is 21.9 Å². The highest BCUT2D eigenvalue weighted by Gasteiger charge is 2.47. The highest BCUT2D eigenvalue weighted by Crippen LogP contribution is 2.47. The van der Waals surface area contributed by atoms with Gasteiger partial charge in [-0.1, -0.05) is 24.3 Å². The molecule has 0 aliphatic carbocycles. The van der Waals surface area contributed by atoms with E-state index in [2.05, 4.69) is 9.97 Å². The van der Waals surface area contributed by atoms with Gasteiger partial charge in [-0.3, -0.25) is 9.80 Å². The first kappa shape index (κ1) is 62.1. The maximum Gasteiger partial charge on any atom is 0.410 e. The van der Waals surface area contributed by atoms with Crippen molar-refractivity contribution in [2.75, 3.05) is 52.5 Å². The number of nitrogens with one attached hydrogen (secondary N) is 2. The molecule has 2 fully saturated rings. The summed E-state index contributed by atoms with van der Waals surface area (Å²) >= 11 is 0. The molecule has 6 atom stereocenters. The number of halogens is 10. The molecule has 6 N–H and O–H groups in total. The van der Waals surface area contributed by atoms with Crippen LogP contribution in [0.2, 0.25) is 0 Å².